The van der Waals surface area contributed by atoms with Gasteiger partial charge in [0.1, 0.15) is 6.04 Å². The molecule has 146 valence electrons. The summed E-state index contributed by atoms with van der Waals surface area (Å²) in [5, 5.41) is 5.83. The van der Waals surface area contributed by atoms with Crippen molar-refractivity contribution in [2.45, 2.75) is 46.1 Å². The van der Waals surface area contributed by atoms with Gasteiger partial charge in [0.2, 0.25) is 5.91 Å². The van der Waals surface area contributed by atoms with Gasteiger partial charge in [-0.3, -0.25) is 9.59 Å². The van der Waals surface area contributed by atoms with E-state index < -0.39 is 0 Å². The highest BCUT2D eigenvalue weighted by Crippen LogP contribution is 2.27. The van der Waals surface area contributed by atoms with Crippen LogP contribution in [0.4, 0.5) is 0 Å². The molecule has 1 fully saturated rings. The summed E-state index contributed by atoms with van der Waals surface area (Å²) in [6, 6.07) is 9.07. The normalized spacial score (nSPS) is 15.8. The lowest BCUT2D eigenvalue weighted by Crippen LogP contribution is -2.40. The lowest BCUT2D eigenvalue weighted by atomic mass is 10.1. The minimum atomic E-state index is -0.338. The van der Waals surface area contributed by atoms with Gasteiger partial charge >= 0.3 is 0 Å². The second-order valence-corrected chi connectivity index (χ2v) is 7.59. The van der Waals surface area contributed by atoms with Crippen LogP contribution in [0, 0.1) is 13.8 Å². The van der Waals surface area contributed by atoms with Crippen LogP contribution in [0.2, 0.25) is 0 Å². The van der Waals surface area contributed by atoms with Crippen molar-refractivity contribution in [2.75, 3.05) is 13.1 Å². The monoisotopic (exact) mass is 378 g/mol. The number of fused-ring (bicyclic) bond motifs is 1. The third-order valence-electron chi connectivity index (χ3n) is 5.87. The molecule has 1 aromatic carbocycles. The smallest absolute Gasteiger partial charge is 0.281 e. The largest absolute Gasteiger partial charge is 0.341 e. The van der Waals surface area contributed by atoms with Crippen LogP contribution in [-0.4, -0.2) is 38.2 Å². The molecule has 1 aliphatic heterocycles. The number of benzene rings is 1. The summed E-state index contributed by atoms with van der Waals surface area (Å²) in [6.07, 6.45) is 5.06. The Morgan fingerprint density at radius 1 is 1.04 bits per heavy atom. The predicted molar refractivity (Wildman–Crippen MR) is 110 cm³/mol. The van der Waals surface area contributed by atoms with Crippen molar-refractivity contribution in [1.29, 1.82) is 0 Å². The molecule has 0 bridgehead atoms. The van der Waals surface area contributed by atoms with Gasteiger partial charge in [-0.2, -0.15) is 9.78 Å². The van der Waals surface area contributed by atoms with Crippen LogP contribution in [0.1, 0.15) is 43.6 Å². The summed E-state index contributed by atoms with van der Waals surface area (Å²) < 4.78 is 3.43. The molecule has 1 atom stereocenters. The number of rotatable bonds is 3. The summed E-state index contributed by atoms with van der Waals surface area (Å²) in [5.74, 6) is 0.127. The van der Waals surface area contributed by atoms with E-state index in [2.05, 4.69) is 5.10 Å². The number of amides is 1. The number of carbonyl (C=O) groups is 1. The second kappa shape index (κ2) is 7.26. The fraction of sp³-hybridized carbons (Fsp3) is 0.409. The van der Waals surface area contributed by atoms with Crippen molar-refractivity contribution in [3.63, 3.8) is 0 Å². The van der Waals surface area contributed by atoms with E-state index in [9.17, 15) is 9.59 Å². The lowest BCUT2D eigenvalue weighted by Gasteiger charge is -2.30. The number of para-hydroxylation sites is 1. The Balaban J connectivity index is 1.81. The van der Waals surface area contributed by atoms with Crippen molar-refractivity contribution < 1.29 is 4.79 Å². The average Bonchev–Trinajstić information content (AvgIpc) is 2.99. The molecular weight excluding hydrogens is 352 g/mol. The van der Waals surface area contributed by atoms with Crippen molar-refractivity contribution >= 4 is 16.7 Å². The first-order valence-electron chi connectivity index (χ1n) is 9.94. The highest BCUT2D eigenvalue weighted by molar-refractivity contribution is 5.89. The summed E-state index contributed by atoms with van der Waals surface area (Å²) >= 11 is 0. The Morgan fingerprint density at radius 2 is 1.71 bits per heavy atom. The molecule has 0 saturated carbocycles. The highest BCUT2D eigenvalue weighted by atomic mass is 16.2. The summed E-state index contributed by atoms with van der Waals surface area (Å²) in [5.41, 5.74) is 2.31. The Labute approximate surface area is 164 Å². The van der Waals surface area contributed by atoms with Gasteiger partial charge in [0, 0.05) is 29.9 Å². The number of carbonyl (C=O) groups excluding carboxylic acids is 1. The topological polar surface area (TPSA) is 60.1 Å². The second-order valence-electron chi connectivity index (χ2n) is 7.59. The van der Waals surface area contributed by atoms with Crippen molar-refractivity contribution in [1.82, 2.24) is 19.2 Å². The van der Waals surface area contributed by atoms with E-state index >= 15 is 0 Å². The highest BCUT2D eigenvalue weighted by Gasteiger charge is 2.27. The predicted octanol–water partition coefficient (Wildman–Crippen LogP) is 3.38. The first-order chi connectivity index (χ1) is 13.5. The van der Waals surface area contributed by atoms with Gasteiger partial charge in [0.15, 0.2) is 0 Å². The lowest BCUT2D eigenvalue weighted by molar-refractivity contribution is -0.135. The summed E-state index contributed by atoms with van der Waals surface area (Å²) in [7, 11) is 0. The number of likely N-dealkylation sites (tertiary alicyclic amines) is 1. The van der Waals surface area contributed by atoms with E-state index in [4.69, 9.17) is 0 Å². The SMILES string of the molecule is Cc1c2cnn(-c3ccccc3)c(=O)c2c(C)n1C(C)C(=O)N1CCCCC1. The fourth-order valence-corrected chi connectivity index (χ4v) is 4.40. The average molecular weight is 378 g/mol. The van der Waals surface area contributed by atoms with Gasteiger partial charge in [0.25, 0.3) is 5.56 Å². The molecule has 1 unspecified atom stereocenters. The number of hydrogen-bond acceptors (Lipinski definition) is 3. The number of nitrogens with zero attached hydrogens (tertiary/aromatic N) is 4. The zero-order chi connectivity index (χ0) is 19.8. The molecule has 3 heterocycles. The maximum Gasteiger partial charge on any atom is 0.281 e. The van der Waals surface area contributed by atoms with Gasteiger partial charge in [-0.15, -0.1) is 0 Å². The van der Waals surface area contributed by atoms with Crippen LogP contribution in [0.5, 0.6) is 0 Å². The number of aryl methyl sites for hydroxylation is 2. The molecule has 2 aromatic heterocycles. The Bertz CT molecular complexity index is 1080. The number of hydrogen-bond donors (Lipinski definition) is 0. The maximum absolute atomic E-state index is 13.2. The number of aromatic nitrogens is 3. The molecule has 1 amide bonds. The standard InChI is InChI=1S/C22H26N4O2/c1-15-19-14-23-26(18-10-6-4-7-11-18)22(28)20(19)16(2)25(15)17(3)21(27)24-12-8-5-9-13-24/h4,6-7,10-11,14,17H,5,8-9,12-13H2,1-3H3. The van der Waals surface area contributed by atoms with E-state index in [0.717, 1.165) is 48.4 Å². The first kappa shape index (κ1) is 18.5. The number of piperidine rings is 1. The van der Waals surface area contributed by atoms with Crippen LogP contribution < -0.4 is 5.56 Å². The zero-order valence-corrected chi connectivity index (χ0v) is 16.7. The van der Waals surface area contributed by atoms with Crippen LogP contribution in [0.15, 0.2) is 41.3 Å². The molecule has 0 radical (unpaired) electrons. The quantitative estimate of drug-likeness (QED) is 0.702. The van der Waals surface area contributed by atoms with Crippen LogP contribution >= 0.6 is 0 Å². The third-order valence-corrected chi connectivity index (χ3v) is 5.87. The van der Waals surface area contributed by atoms with Gasteiger partial charge in [-0.05, 0) is 52.2 Å². The van der Waals surface area contributed by atoms with Crippen molar-refractivity contribution in [3.8, 4) is 5.69 Å². The van der Waals surface area contributed by atoms with E-state index in [1.807, 2.05) is 60.6 Å². The molecular formula is C22H26N4O2. The van der Waals surface area contributed by atoms with Gasteiger partial charge in [-0.25, -0.2) is 0 Å². The molecule has 0 N–H and O–H groups in total. The van der Waals surface area contributed by atoms with Crippen LogP contribution in [-0.2, 0) is 4.79 Å². The fourth-order valence-electron chi connectivity index (χ4n) is 4.40. The van der Waals surface area contributed by atoms with Gasteiger partial charge in [-0.1, -0.05) is 18.2 Å². The Kier molecular flexibility index (Phi) is 4.79. The van der Waals surface area contributed by atoms with Gasteiger partial charge < -0.3 is 9.47 Å². The van der Waals surface area contributed by atoms with Crippen LogP contribution in [0.25, 0.3) is 16.5 Å². The minimum absolute atomic E-state index is 0.127. The molecule has 0 spiro atoms. The van der Waals surface area contributed by atoms with Crippen molar-refractivity contribution in [3.05, 3.63) is 58.3 Å². The molecule has 4 rings (SSSR count). The van der Waals surface area contributed by atoms with Crippen molar-refractivity contribution in [2.24, 2.45) is 0 Å². The molecule has 6 nitrogen and oxygen atoms in total. The molecule has 6 heteroatoms. The molecule has 1 aliphatic rings. The van der Waals surface area contributed by atoms with E-state index in [1.165, 1.54) is 11.1 Å². The first-order valence-corrected chi connectivity index (χ1v) is 9.94. The van der Waals surface area contributed by atoms with Gasteiger partial charge in [0.05, 0.1) is 17.3 Å². The van der Waals surface area contributed by atoms with E-state index in [1.54, 1.807) is 6.20 Å². The third kappa shape index (κ3) is 2.93. The Morgan fingerprint density at radius 3 is 2.39 bits per heavy atom. The van der Waals surface area contributed by atoms with E-state index in [0.29, 0.717) is 5.39 Å². The Hall–Kier alpha value is -2.89. The molecule has 1 saturated heterocycles. The molecule has 0 aliphatic carbocycles. The van der Waals surface area contributed by atoms with Crippen LogP contribution in [0.3, 0.4) is 0 Å². The minimum Gasteiger partial charge on any atom is -0.341 e. The maximum atomic E-state index is 13.2. The summed E-state index contributed by atoms with van der Waals surface area (Å²) in [6.45, 7) is 7.46. The van der Waals surface area contributed by atoms with E-state index in [-0.39, 0.29) is 17.5 Å². The summed E-state index contributed by atoms with van der Waals surface area (Å²) in [4.78, 5) is 28.2. The zero-order valence-electron chi connectivity index (χ0n) is 16.7. The molecule has 28 heavy (non-hydrogen) atoms. The molecule has 3 aromatic rings.